The van der Waals surface area contributed by atoms with Crippen molar-refractivity contribution in [2.45, 2.75) is 43.0 Å². The summed E-state index contributed by atoms with van der Waals surface area (Å²) in [6.07, 6.45) is 4.27. The summed E-state index contributed by atoms with van der Waals surface area (Å²) in [6.45, 7) is 4.52. The van der Waals surface area contributed by atoms with E-state index in [1.807, 2.05) is 30.1 Å². The van der Waals surface area contributed by atoms with Crippen LogP contribution >= 0.6 is 11.8 Å². The number of rotatable bonds is 2. The Labute approximate surface area is 95.7 Å². The molecule has 15 heavy (non-hydrogen) atoms. The summed E-state index contributed by atoms with van der Waals surface area (Å²) in [7, 11) is 0. The summed E-state index contributed by atoms with van der Waals surface area (Å²) >= 11 is 1.83. The topological polar surface area (TPSA) is 38.9 Å². The Morgan fingerprint density at radius 2 is 2.27 bits per heavy atom. The molecular weight excluding hydrogens is 204 g/mol. The molecule has 1 aliphatic carbocycles. The molecule has 2 nitrogen and oxygen atoms in total. The minimum absolute atomic E-state index is 0.282. The molecule has 1 aromatic rings. The first-order valence-corrected chi connectivity index (χ1v) is 6.31. The van der Waals surface area contributed by atoms with Gasteiger partial charge in [-0.1, -0.05) is 19.9 Å². The van der Waals surface area contributed by atoms with Gasteiger partial charge in [-0.2, -0.15) is 0 Å². The molecule has 0 bridgehead atoms. The van der Waals surface area contributed by atoms with Crippen LogP contribution in [0.2, 0.25) is 0 Å². The molecule has 2 atom stereocenters. The second-order valence-corrected chi connectivity index (χ2v) is 6.14. The fraction of sp³-hybridized carbons (Fsp3) is 0.583. The lowest BCUT2D eigenvalue weighted by Crippen LogP contribution is -2.38. The second-order valence-electron chi connectivity index (χ2n) is 4.88. The van der Waals surface area contributed by atoms with Gasteiger partial charge in [-0.05, 0) is 30.4 Å². The number of nitrogens with two attached hydrogens (primary N) is 1. The highest BCUT2D eigenvalue weighted by Gasteiger charge is 2.39. The summed E-state index contributed by atoms with van der Waals surface area (Å²) in [4.78, 5) is 4.33. The molecule has 82 valence electrons. The van der Waals surface area contributed by atoms with Crippen molar-refractivity contribution >= 4 is 11.8 Å². The molecule has 1 aromatic heterocycles. The molecule has 1 fully saturated rings. The highest BCUT2D eigenvalue weighted by atomic mass is 32.2. The van der Waals surface area contributed by atoms with E-state index in [2.05, 4.69) is 24.9 Å². The zero-order chi connectivity index (χ0) is 10.9. The van der Waals surface area contributed by atoms with Crippen molar-refractivity contribution in [1.29, 1.82) is 0 Å². The molecule has 1 heterocycles. The molecule has 2 N–H and O–H groups in total. The molecule has 0 saturated heterocycles. The van der Waals surface area contributed by atoms with E-state index in [1.165, 1.54) is 12.8 Å². The minimum Gasteiger partial charge on any atom is -0.326 e. The normalized spacial score (nSPS) is 29.3. The highest BCUT2D eigenvalue weighted by molar-refractivity contribution is 7.99. The lowest BCUT2D eigenvalue weighted by molar-refractivity contribution is 0.334. The summed E-state index contributed by atoms with van der Waals surface area (Å²) in [5, 5.41) is 1.62. The van der Waals surface area contributed by atoms with Gasteiger partial charge in [-0.3, -0.25) is 0 Å². The molecule has 0 aliphatic heterocycles. The number of hydrogen-bond donors (Lipinski definition) is 1. The van der Waals surface area contributed by atoms with Crippen molar-refractivity contribution in [2.24, 2.45) is 11.1 Å². The Morgan fingerprint density at radius 3 is 2.80 bits per heavy atom. The Kier molecular flexibility index (Phi) is 3.03. The van der Waals surface area contributed by atoms with E-state index in [4.69, 9.17) is 5.73 Å². The van der Waals surface area contributed by atoms with Crippen molar-refractivity contribution < 1.29 is 0 Å². The van der Waals surface area contributed by atoms with Gasteiger partial charge in [0.2, 0.25) is 0 Å². The molecule has 0 aromatic carbocycles. The van der Waals surface area contributed by atoms with Gasteiger partial charge < -0.3 is 5.73 Å². The van der Waals surface area contributed by atoms with E-state index in [0.29, 0.717) is 5.25 Å². The molecule has 0 spiro atoms. The van der Waals surface area contributed by atoms with Crippen LogP contribution in [0.4, 0.5) is 0 Å². The van der Waals surface area contributed by atoms with Crippen molar-refractivity contribution in [2.75, 3.05) is 0 Å². The maximum absolute atomic E-state index is 6.26. The van der Waals surface area contributed by atoms with Crippen LogP contribution < -0.4 is 5.73 Å². The standard InChI is InChI=1S/C12H18N2S/c1-12(2)7-6-9(11(12)13)15-10-5-3-4-8-14-10/h3-5,8-9,11H,6-7,13H2,1-2H3. The molecule has 2 unspecified atom stereocenters. The van der Waals surface area contributed by atoms with Crippen LogP contribution in [0, 0.1) is 5.41 Å². The molecule has 0 amide bonds. The van der Waals surface area contributed by atoms with E-state index in [9.17, 15) is 0 Å². The quantitative estimate of drug-likeness (QED) is 0.836. The van der Waals surface area contributed by atoms with Gasteiger partial charge in [-0.15, -0.1) is 11.8 Å². The van der Waals surface area contributed by atoms with E-state index in [0.717, 1.165) is 5.03 Å². The third-order valence-electron chi connectivity index (χ3n) is 3.29. The fourth-order valence-electron chi connectivity index (χ4n) is 2.07. The summed E-state index contributed by atoms with van der Waals surface area (Å²) in [5.41, 5.74) is 6.54. The predicted molar refractivity (Wildman–Crippen MR) is 64.9 cm³/mol. The minimum atomic E-state index is 0.282. The molecular formula is C12H18N2S. The van der Waals surface area contributed by atoms with Crippen LogP contribution in [0.15, 0.2) is 29.4 Å². The van der Waals surface area contributed by atoms with Crippen molar-refractivity contribution in [3.63, 3.8) is 0 Å². The number of thioether (sulfide) groups is 1. The highest BCUT2D eigenvalue weighted by Crippen LogP contribution is 2.43. The van der Waals surface area contributed by atoms with Gasteiger partial charge in [0.15, 0.2) is 0 Å². The molecule has 1 aliphatic rings. The largest absolute Gasteiger partial charge is 0.326 e. The van der Waals surface area contributed by atoms with Crippen molar-refractivity contribution in [3.05, 3.63) is 24.4 Å². The monoisotopic (exact) mass is 222 g/mol. The molecule has 2 rings (SSSR count). The fourth-order valence-corrected chi connectivity index (χ4v) is 3.41. The van der Waals surface area contributed by atoms with Crippen molar-refractivity contribution in [1.82, 2.24) is 4.98 Å². The third kappa shape index (κ3) is 2.34. The zero-order valence-corrected chi connectivity index (χ0v) is 10.1. The smallest absolute Gasteiger partial charge is 0.0963 e. The maximum atomic E-state index is 6.26. The average molecular weight is 222 g/mol. The van der Waals surface area contributed by atoms with Gasteiger partial charge >= 0.3 is 0 Å². The lowest BCUT2D eigenvalue weighted by Gasteiger charge is -2.26. The van der Waals surface area contributed by atoms with Gasteiger partial charge in [0.25, 0.3) is 0 Å². The van der Waals surface area contributed by atoms with E-state index in [1.54, 1.807) is 0 Å². The summed E-state index contributed by atoms with van der Waals surface area (Å²) in [6, 6.07) is 6.32. The van der Waals surface area contributed by atoms with Gasteiger partial charge in [-0.25, -0.2) is 4.98 Å². The molecule has 3 heteroatoms. The first-order valence-electron chi connectivity index (χ1n) is 5.43. The van der Waals surface area contributed by atoms with Crippen LogP contribution in [0.1, 0.15) is 26.7 Å². The lowest BCUT2D eigenvalue weighted by atomic mass is 9.88. The SMILES string of the molecule is CC1(C)CCC(Sc2ccccn2)C1N. The van der Waals surface area contributed by atoms with Crippen LogP contribution in [0.5, 0.6) is 0 Å². The Hall–Kier alpha value is -0.540. The van der Waals surface area contributed by atoms with E-state index in [-0.39, 0.29) is 11.5 Å². The van der Waals surface area contributed by atoms with Crippen LogP contribution in [-0.2, 0) is 0 Å². The zero-order valence-electron chi connectivity index (χ0n) is 9.31. The Bertz CT molecular complexity index is 324. The summed E-state index contributed by atoms with van der Waals surface area (Å²) < 4.78 is 0. The average Bonchev–Trinajstić information content (AvgIpc) is 2.47. The Balaban J connectivity index is 2.03. The first kappa shape index (κ1) is 11.0. The van der Waals surface area contributed by atoms with E-state index < -0.39 is 0 Å². The van der Waals surface area contributed by atoms with Crippen LogP contribution in [0.3, 0.4) is 0 Å². The molecule has 1 saturated carbocycles. The van der Waals surface area contributed by atoms with Gasteiger partial charge in [0.05, 0.1) is 5.03 Å². The van der Waals surface area contributed by atoms with Crippen molar-refractivity contribution in [3.8, 4) is 0 Å². The predicted octanol–water partition coefficient (Wildman–Crippen LogP) is 2.69. The summed E-state index contributed by atoms with van der Waals surface area (Å²) in [5.74, 6) is 0. The van der Waals surface area contributed by atoms with Crippen LogP contribution in [-0.4, -0.2) is 16.3 Å². The van der Waals surface area contributed by atoms with Crippen LogP contribution in [0.25, 0.3) is 0 Å². The first-order chi connectivity index (χ1) is 7.09. The number of aromatic nitrogens is 1. The number of hydrogen-bond acceptors (Lipinski definition) is 3. The number of nitrogens with zero attached hydrogens (tertiary/aromatic N) is 1. The second kappa shape index (κ2) is 4.14. The molecule has 0 radical (unpaired) electrons. The maximum Gasteiger partial charge on any atom is 0.0963 e. The number of pyridine rings is 1. The van der Waals surface area contributed by atoms with Gasteiger partial charge in [0.1, 0.15) is 0 Å². The third-order valence-corrected chi connectivity index (χ3v) is 4.60. The Morgan fingerprint density at radius 1 is 1.47 bits per heavy atom. The van der Waals surface area contributed by atoms with E-state index >= 15 is 0 Å². The van der Waals surface area contributed by atoms with Gasteiger partial charge in [0, 0.05) is 17.5 Å².